The van der Waals surface area contributed by atoms with Crippen LogP contribution in [0.25, 0.3) is 26.1 Å². The molecule has 8 heteroatoms. The molecule has 3 aromatic heterocycles. The Kier molecular flexibility index (Phi) is 6.13. The summed E-state index contributed by atoms with van der Waals surface area (Å²) in [6.45, 7) is 4.07. The molecule has 1 saturated heterocycles. The van der Waals surface area contributed by atoms with Gasteiger partial charge < -0.3 is 15.5 Å². The third-order valence-electron chi connectivity index (χ3n) is 6.76. The number of pyridine rings is 2. The van der Waals surface area contributed by atoms with E-state index in [-0.39, 0.29) is 16.9 Å². The van der Waals surface area contributed by atoms with E-state index in [9.17, 15) is 9.59 Å². The van der Waals surface area contributed by atoms with Gasteiger partial charge in [-0.25, -0.2) is 4.98 Å². The van der Waals surface area contributed by atoms with Gasteiger partial charge in [0, 0.05) is 19.6 Å². The lowest BCUT2D eigenvalue weighted by atomic mass is 10.1. The van der Waals surface area contributed by atoms with Gasteiger partial charge in [0.1, 0.15) is 16.0 Å². The third-order valence-corrected chi connectivity index (χ3v) is 7.90. The van der Waals surface area contributed by atoms with Crippen molar-refractivity contribution in [2.24, 2.45) is 0 Å². The average Bonchev–Trinajstić information content (AvgIpc) is 3.56. The van der Waals surface area contributed by atoms with Gasteiger partial charge in [-0.15, -0.1) is 11.3 Å². The second kappa shape index (κ2) is 9.72. The predicted octanol–water partition coefficient (Wildman–Crippen LogP) is 4.50. The molecule has 0 aliphatic carbocycles. The zero-order valence-corrected chi connectivity index (χ0v) is 20.7. The molecule has 36 heavy (non-hydrogen) atoms. The molecule has 2 N–H and O–H groups in total. The van der Waals surface area contributed by atoms with E-state index >= 15 is 0 Å². The monoisotopic (exact) mass is 497 g/mol. The van der Waals surface area contributed by atoms with E-state index in [0.717, 1.165) is 41.1 Å². The molecule has 1 fully saturated rings. The fraction of sp³-hybridized carbons (Fsp3) is 0.250. The molecule has 0 radical (unpaired) electrons. The number of benzene rings is 2. The van der Waals surface area contributed by atoms with Crippen molar-refractivity contribution in [3.8, 4) is 0 Å². The first kappa shape index (κ1) is 22.7. The topological polar surface area (TPSA) is 78.7 Å². The van der Waals surface area contributed by atoms with E-state index in [0.29, 0.717) is 29.0 Å². The molecule has 0 atom stereocenters. The Bertz CT molecular complexity index is 1620. The first-order chi connectivity index (χ1) is 17.7. The van der Waals surface area contributed by atoms with Crippen molar-refractivity contribution in [1.29, 1.82) is 0 Å². The molecule has 1 aliphatic rings. The van der Waals surface area contributed by atoms with Crippen LogP contribution in [0.1, 0.15) is 28.8 Å². The number of rotatable bonds is 7. The van der Waals surface area contributed by atoms with Crippen LogP contribution in [0.4, 0.5) is 5.69 Å². The summed E-state index contributed by atoms with van der Waals surface area (Å²) in [5, 5.41) is 6.79. The molecule has 5 aromatic rings. The molecule has 0 saturated carbocycles. The number of aromatic nitrogens is 2. The van der Waals surface area contributed by atoms with Crippen molar-refractivity contribution in [2.45, 2.75) is 19.4 Å². The van der Waals surface area contributed by atoms with E-state index in [1.165, 1.54) is 24.2 Å². The van der Waals surface area contributed by atoms with Gasteiger partial charge >= 0.3 is 0 Å². The fourth-order valence-electron chi connectivity index (χ4n) is 4.91. The quantitative estimate of drug-likeness (QED) is 0.346. The van der Waals surface area contributed by atoms with E-state index in [1.807, 2.05) is 65.1 Å². The number of carbonyl (C=O) groups excluding carboxylic acids is 1. The number of fused-ring (bicyclic) bond motifs is 5. The van der Waals surface area contributed by atoms with Crippen LogP contribution >= 0.6 is 11.3 Å². The van der Waals surface area contributed by atoms with E-state index < -0.39 is 0 Å². The van der Waals surface area contributed by atoms with Crippen molar-refractivity contribution in [3.05, 3.63) is 88.2 Å². The number of likely N-dealkylation sites (tertiary alicyclic amines) is 1. The Morgan fingerprint density at radius 1 is 1.03 bits per heavy atom. The largest absolute Gasteiger partial charge is 0.380 e. The number of para-hydroxylation sites is 1. The van der Waals surface area contributed by atoms with E-state index in [1.54, 1.807) is 6.20 Å². The van der Waals surface area contributed by atoms with Crippen molar-refractivity contribution < 1.29 is 4.79 Å². The molecule has 7 nitrogen and oxygen atoms in total. The Hall–Kier alpha value is -3.75. The molecule has 6 rings (SSSR count). The number of hydrogen-bond donors (Lipinski definition) is 2. The standard InChI is InChI=1S/C28H27N5O2S/c34-25-21-16-20(30-17-19-8-2-1-3-9-19)18-31-26(21)33-22-10-4-5-11-23(22)36-28(33)24(25)27(35)29-12-15-32-13-6-7-14-32/h1-5,8-11,16,18,30H,6-7,12-15,17H2,(H,29,35). The summed E-state index contributed by atoms with van der Waals surface area (Å²) in [5.41, 5.74) is 3.27. The molecule has 2 aromatic carbocycles. The van der Waals surface area contributed by atoms with Gasteiger partial charge in [0.15, 0.2) is 0 Å². The average molecular weight is 498 g/mol. The lowest BCUT2D eigenvalue weighted by Gasteiger charge is -2.15. The van der Waals surface area contributed by atoms with Gasteiger partial charge in [0.25, 0.3) is 5.91 Å². The minimum atomic E-state index is -0.326. The molecular weight excluding hydrogens is 470 g/mol. The van der Waals surface area contributed by atoms with Crippen LogP contribution in [-0.2, 0) is 6.54 Å². The SMILES string of the molecule is O=C(NCCN1CCCC1)c1c(=O)c2cc(NCc3ccccc3)cnc2n2c1sc1ccccc12. The molecular formula is C28H27N5O2S. The number of carbonyl (C=O) groups is 1. The summed E-state index contributed by atoms with van der Waals surface area (Å²) in [5.74, 6) is -0.326. The Labute approximate surface area is 212 Å². The maximum atomic E-state index is 13.8. The summed E-state index contributed by atoms with van der Waals surface area (Å²) in [6.07, 6.45) is 4.16. The maximum Gasteiger partial charge on any atom is 0.258 e. The highest BCUT2D eigenvalue weighted by Gasteiger charge is 2.23. The summed E-state index contributed by atoms with van der Waals surface area (Å²) < 4.78 is 2.95. The highest BCUT2D eigenvalue weighted by molar-refractivity contribution is 7.24. The van der Waals surface area contributed by atoms with Crippen molar-refractivity contribution in [2.75, 3.05) is 31.5 Å². The zero-order valence-electron chi connectivity index (χ0n) is 19.9. The highest BCUT2D eigenvalue weighted by Crippen LogP contribution is 2.31. The maximum absolute atomic E-state index is 13.8. The van der Waals surface area contributed by atoms with Crippen LogP contribution in [0, 0.1) is 0 Å². The summed E-state index contributed by atoms with van der Waals surface area (Å²) in [7, 11) is 0. The second-order valence-corrected chi connectivity index (χ2v) is 10.2. The van der Waals surface area contributed by atoms with Crippen LogP contribution in [0.15, 0.2) is 71.7 Å². The Morgan fingerprint density at radius 3 is 2.64 bits per heavy atom. The van der Waals surface area contributed by atoms with Crippen molar-refractivity contribution in [3.63, 3.8) is 0 Å². The van der Waals surface area contributed by atoms with Crippen LogP contribution in [0.5, 0.6) is 0 Å². The Balaban J connectivity index is 1.41. The minimum absolute atomic E-state index is 0.187. The minimum Gasteiger partial charge on any atom is -0.380 e. The van der Waals surface area contributed by atoms with Crippen LogP contribution in [0.3, 0.4) is 0 Å². The molecule has 4 heterocycles. The van der Waals surface area contributed by atoms with E-state index in [4.69, 9.17) is 0 Å². The van der Waals surface area contributed by atoms with Crippen LogP contribution in [0.2, 0.25) is 0 Å². The lowest BCUT2D eigenvalue weighted by Crippen LogP contribution is -2.35. The number of anilines is 1. The van der Waals surface area contributed by atoms with Gasteiger partial charge in [-0.1, -0.05) is 42.5 Å². The van der Waals surface area contributed by atoms with Gasteiger partial charge in [-0.2, -0.15) is 0 Å². The second-order valence-electron chi connectivity index (χ2n) is 9.15. The summed E-state index contributed by atoms with van der Waals surface area (Å²) in [6, 6.07) is 19.8. The molecule has 0 spiro atoms. The van der Waals surface area contributed by atoms with Crippen LogP contribution < -0.4 is 16.1 Å². The van der Waals surface area contributed by atoms with Gasteiger partial charge in [0.2, 0.25) is 5.43 Å². The molecule has 1 amide bonds. The Morgan fingerprint density at radius 2 is 1.81 bits per heavy atom. The number of thiazole rings is 1. The third kappa shape index (κ3) is 4.23. The lowest BCUT2D eigenvalue weighted by molar-refractivity contribution is 0.0950. The highest BCUT2D eigenvalue weighted by atomic mass is 32.1. The van der Waals surface area contributed by atoms with Gasteiger partial charge in [-0.05, 0) is 49.7 Å². The number of amides is 1. The zero-order chi connectivity index (χ0) is 24.5. The fourth-order valence-corrected chi connectivity index (χ4v) is 6.10. The molecule has 0 unspecified atom stereocenters. The number of nitrogens with zero attached hydrogens (tertiary/aromatic N) is 3. The predicted molar refractivity (Wildman–Crippen MR) is 146 cm³/mol. The smallest absolute Gasteiger partial charge is 0.258 e. The number of nitrogens with one attached hydrogen (secondary N) is 2. The van der Waals surface area contributed by atoms with Gasteiger partial charge in [-0.3, -0.25) is 14.0 Å². The first-order valence-electron chi connectivity index (χ1n) is 12.3. The number of hydrogen-bond acceptors (Lipinski definition) is 6. The van der Waals surface area contributed by atoms with Gasteiger partial charge in [0.05, 0.1) is 27.5 Å². The van der Waals surface area contributed by atoms with Crippen molar-refractivity contribution >= 4 is 49.0 Å². The summed E-state index contributed by atoms with van der Waals surface area (Å²) in [4.78, 5) is 34.8. The van der Waals surface area contributed by atoms with Crippen molar-refractivity contribution in [1.82, 2.24) is 19.6 Å². The van der Waals surface area contributed by atoms with Crippen LogP contribution in [-0.4, -0.2) is 46.4 Å². The molecule has 182 valence electrons. The van der Waals surface area contributed by atoms with E-state index in [2.05, 4.69) is 20.5 Å². The first-order valence-corrected chi connectivity index (χ1v) is 13.1. The molecule has 1 aliphatic heterocycles. The normalized spacial score (nSPS) is 14.1. The molecule has 0 bridgehead atoms. The summed E-state index contributed by atoms with van der Waals surface area (Å²) >= 11 is 1.45.